The quantitative estimate of drug-likeness (QED) is 0.869. The molecule has 8 heteroatoms. The summed E-state index contributed by atoms with van der Waals surface area (Å²) in [5.74, 6) is -0.0270. The molecule has 146 valence electrons. The molecule has 0 saturated carbocycles. The van der Waals surface area contributed by atoms with Crippen molar-refractivity contribution in [2.24, 2.45) is 7.05 Å². The van der Waals surface area contributed by atoms with Gasteiger partial charge < -0.3 is 4.90 Å². The van der Waals surface area contributed by atoms with Gasteiger partial charge in [-0.1, -0.05) is 0 Å². The first-order valence-corrected chi connectivity index (χ1v) is 10.5. The first-order chi connectivity index (χ1) is 12.6. The molecular weight excluding hydrogens is 364 g/mol. The molecule has 1 aromatic carbocycles. The molecule has 1 aliphatic heterocycles. The van der Waals surface area contributed by atoms with E-state index >= 15 is 0 Å². The number of nitrogens with one attached hydrogen (secondary N) is 1. The molecule has 1 aliphatic rings. The predicted octanol–water partition coefficient (Wildman–Crippen LogP) is 2.38. The predicted molar refractivity (Wildman–Crippen MR) is 104 cm³/mol. The third-order valence-electron chi connectivity index (χ3n) is 5.19. The van der Waals surface area contributed by atoms with Gasteiger partial charge in [-0.3, -0.25) is 9.48 Å². The fraction of sp³-hybridized carbons (Fsp3) is 0.474. The summed E-state index contributed by atoms with van der Waals surface area (Å²) >= 11 is 0. The van der Waals surface area contributed by atoms with Crippen molar-refractivity contribution in [3.8, 4) is 0 Å². The van der Waals surface area contributed by atoms with Crippen LogP contribution in [0.2, 0.25) is 0 Å². The van der Waals surface area contributed by atoms with Crippen LogP contribution in [-0.2, 0) is 28.3 Å². The van der Waals surface area contributed by atoms with Gasteiger partial charge in [0.1, 0.15) is 0 Å². The number of aryl methyl sites for hydroxylation is 3. The molecule has 0 spiro atoms. The Balaban J connectivity index is 1.90. The minimum atomic E-state index is -3.69. The highest BCUT2D eigenvalue weighted by atomic mass is 32.2. The molecule has 1 atom stereocenters. The van der Waals surface area contributed by atoms with Crippen molar-refractivity contribution in [2.45, 2.75) is 51.5 Å². The van der Waals surface area contributed by atoms with Crippen LogP contribution in [0.15, 0.2) is 23.1 Å². The number of benzene rings is 1. The van der Waals surface area contributed by atoms with Crippen molar-refractivity contribution in [3.05, 3.63) is 40.7 Å². The van der Waals surface area contributed by atoms with Crippen molar-refractivity contribution < 1.29 is 13.2 Å². The van der Waals surface area contributed by atoms with Crippen LogP contribution in [0.4, 0.5) is 5.69 Å². The maximum atomic E-state index is 12.9. The second-order valence-electron chi connectivity index (χ2n) is 7.12. The Morgan fingerprint density at radius 2 is 2.00 bits per heavy atom. The van der Waals surface area contributed by atoms with E-state index in [4.69, 9.17) is 0 Å². The number of hydrogen-bond acceptors (Lipinski definition) is 4. The monoisotopic (exact) mass is 390 g/mol. The first kappa shape index (κ1) is 19.6. The van der Waals surface area contributed by atoms with E-state index in [0.717, 1.165) is 41.0 Å². The van der Waals surface area contributed by atoms with Gasteiger partial charge in [0, 0.05) is 43.5 Å². The molecule has 27 heavy (non-hydrogen) atoms. The Hall–Kier alpha value is -2.19. The fourth-order valence-electron chi connectivity index (χ4n) is 3.84. The van der Waals surface area contributed by atoms with Gasteiger partial charge in [-0.15, -0.1) is 0 Å². The fourth-order valence-corrected chi connectivity index (χ4v) is 5.11. The number of amides is 1. The molecule has 0 aliphatic carbocycles. The van der Waals surface area contributed by atoms with Crippen LogP contribution in [0.1, 0.15) is 48.8 Å². The minimum Gasteiger partial charge on any atom is -0.312 e. The Morgan fingerprint density at radius 3 is 2.59 bits per heavy atom. The number of sulfonamides is 1. The number of nitrogens with zero attached hydrogens (tertiary/aromatic N) is 3. The third kappa shape index (κ3) is 3.64. The Morgan fingerprint density at radius 1 is 1.30 bits per heavy atom. The Kier molecular flexibility index (Phi) is 5.14. The van der Waals surface area contributed by atoms with Gasteiger partial charge in [0.05, 0.1) is 10.6 Å². The van der Waals surface area contributed by atoms with Crippen LogP contribution in [0.3, 0.4) is 0 Å². The SMILES string of the molecule is CC(=O)N1CCCc2cc(S(=O)(=O)NC(C)c3c(C)nn(C)c3C)ccc21. The van der Waals surface area contributed by atoms with Crippen LogP contribution < -0.4 is 9.62 Å². The van der Waals surface area contributed by atoms with Crippen LogP contribution in [0, 0.1) is 13.8 Å². The van der Waals surface area contributed by atoms with Gasteiger partial charge in [-0.2, -0.15) is 5.10 Å². The molecular formula is C19H26N4O3S. The van der Waals surface area contributed by atoms with Crippen LogP contribution in [0.25, 0.3) is 0 Å². The molecule has 0 saturated heterocycles. The van der Waals surface area contributed by atoms with Gasteiger partial charge in [-0.05, 0) is 57.4 Å². The zero-order valence-corrected chi connectivity index (χ0v) is 17.2. The lowest BCUT2D eigenvalue weighted by atomic mass is 10.0. The van der Waals surface area contributed by atoms with Crippen molar-refractivity contribution >= 4 is 21.6 Å². The van der Waals surface area contributed by atoms with Crippen molar-refractivity contribution in [3.63, 3.8) is 0 Å². The number of anilines is 1. The average Bonchev–Trinajstić information content (AvgIpc) is 2.85. The maximum Gasteiger partial charge on any atom is 0.241 e. The summed E-state index contributed by atoms with van der Waals surface area (Å²) in [5, 5.41) is 4.36. The summed E-state index contributed by atoms with van der Waals surface area (Å²) in [6.07, 6.45) is 1.59. The average molecular weight is 391 g/mol. The number of carbonyl (C=O) groups excluding carboxylic acids is 1. The molecule has 1 aromatic heterocycles. The molecule has 2 heterocycles. The van der Waals surface area contributed by atoms with Crippen LogP contribution >= 0.6 is 0 Å². The molecule has 7 nitrogen and oxygen atoms in total. The van der Waals surface area contributed by atoms with Gasteiger partial charge in [0.2, 0.25) is 15.9 Å². The highest BCUT2D eigenvalue weighted by molar-refractivity contribution is 7.89. The summed E-state index contributed by atoms with van der Waals surface area (Å²) in [6.45, 7) is 7.83. The number of carbonyl (C=O) groups is 1. The summed E-state index contributed by atoms with van der Waals surface area (Å²) in [6, 6.07) is 4.59. The minimum absolute atomic E-state index is 0.0270. The van der Waals surface area contributed by atoms with Crippen LogP contribution in [-0.4, -0.2) is 30.7 Å². The highest BCUT2D eigenvalue weighted by Gasteiger charge is 2.26. The second-order valence-corrected chi connectivity index (χ2v) is 8.83. The van der Waals surface area contributed by atoms with Gasteiger partial charge in [-0.25, -0.2) is 13.1 Å². The molecule has 1 amide bonds. The van der Waals surface area contributed by atoms with Gasteiger partial charge in [0.15, 0.2) is 0 Å². The zero-order chi connectivity index (χ0) is 19.9. The van der Waals surface area contributed by atoms with E-state index in [0.29, 0.717) is 6.54 Å². The molecule has 1 unspecified atom stereocenters. The third-order valence-corrected chi connectivity index (χ3v) is 6.73. The van der Waals surface area contributed by atoms with E-state index in [1.807, 2.05) is 27.8 Å². The normalized spacial score (nSPS) is 15.5. The molecule has 1 N–H and O–H groups in total. The highest BCUT2D eigenvalue weighted by Crippen LogP contribution is 2.30. The maximum absolute atomic E-state index is 12.9. The number of rotatable bonds is 4. The second kappa shape index (κ2) is 7.09. The van der Waals surface area contributed by atoms with Crippen LogP contribution in [0.5, 0.6) is 0 Å². The van der Waals surface area contributed by atoms with E-state index in [2.05, 4.69) is 9.82 Å². The van der Waals surface area contributed by atoms with E-state index < -0.39 is 16.1 Å². The molecule has 2 aromatic rings. The largest absolute Gasteiger partial charge is 0.312 e. The molecule has 0 bridgehead atoms. The van der Waals surface area contributed by atoms with Gasteiger partial charge in [0.25, 0.3) is 0 Å². The van der Waals surface area contributed by atoms with Gasteiger partial charge >= 0.3 is 0 Å². The van der Waals surface area contributed by atoms with E-state index in [1.165, 1.54) is 6.92 Å². The standard InChI is InChI=1S/C19H26N4O3S/c1-12-19(14(3)22(5)20-12)13(2)21-27(25,26)17-8-9-18-16(11-17)7-6-10-23(18)15(4)24/h8-9,11,13,21H,6-7,10H2,1-5H3. The molecule has 3 rings (SSSR count). The Labute approximate surface area is 160 Å². The summed E-state index contributed by atoms with van der Waals surface area (Å²) in [4.78, 5) is 13.7. The first-order valence-electron chi connectivity index (χ1n) is 9.05. The van der Waals surface area contributed by atoms with Crippen molar-refractivity contribution in [2.75, 3.05) is 11.4 Å². The molecule has 0 radical (unpaired) electrons. The summed E-state index contributed by atoms with van der Waals surface area (Å²) in [5.41, 5.74) is 4.33. The van der Waals surface area contributed by atoms with E-state index in [1.54, 1.807) is 27.8 Å². The summed E-state index contributed by atoms with van der Waals surface area (Å²) < 4.78 is 30.4. The number of aromatic nitrogens is 2. The summed E-state index contributed by atoms with van der Waals surface area (Å²) in [7, 11) is -1.85. The number of fused-ring (bicyclic) bond motifs is 1. The Bertz CT molecular complexity index is 995. The number of hydrogen-bond donors (Lipinski definition) is 1. The van der Waals surface area contributed by atoms with Crippen molar-refractivity contribution in [1.82, 2.24) is 14.5 Å². The molecule has 0 fully saturated rings. The lowest BCUT2D eigenvalue weighted by Gasteiger charge is -2.29. The smallest absolute Gasteiger partial charge is 0.241 e. The topological polar surface area (TPSA) is 84.3 Å². The lowest BCUT2D eigenvalue weighted by Crippen LogP contribution is -2.34. The lowest BCUT2D eigenvalue weighted by molar-refractivity contribution is -0.116. The van der Waals surface area contributed by atoms with Crippen molar-refractivity contribution in [1.29, 1.82) is 0 Å². The zero-order valence-electron chi connectivity index (χ0n) is 16.4. The van der Waals surface area contributed by atoms with E-state index in [-0.39, 0.29) is 10.8 Å². The van der Waals surface area contributed by atoms with E-state index in [9.17, 15) is 13.2 Å².